The van der Waals surface area contributed by atoms with Crippen molar-refractivity contribution in [1.29, 1.82) is 0 Å². The normalized spacial score (nSPS) is 13.3. The Balaban J connectivity index is 2.77. The van der Waals surface area contributed by atoms with Crippen LogP contribution in [0, 0.1) is 5.92 Å². The Morgan fingerprint density at radius 1 is 1.29 bits per heavy atom. The summed E-state index contributed by atoms with van der Waals surface area (Å²) in [6.07, 6.45) is 1.98. The van der Waals surface area contributed by atoms with Gasteiger partial charge >= 0.3 is 0 Å². The Hall–Kier alpha value is -0.620. The predicted molar refractivity (Wildman–Crippen MR) is 88.1 cm³/mol. The van der Waals surface area contributed by atoms with Gasteiger partial charge in [0.15, 0.2) is 0 Å². The molecule has 0 aliphatic rings. The van der Waals surface area contributed by atoms with E-state index in [0.717, 1.165) is 24.9 Å². The lowest BCUT2D eigenvalue weighted by Gasteiger charge is -2.12. The Labute approximate surface area is 133 Å². The van der Waals surface area contributed by atoms with Gasteiger partial charge in [-0.15, -0.1) is 0 Å². The van der Waals surface area contributed by atoms with E-state index in [-0.39, 0.29) is 4.90 Å². The molecule has 1 aromatic rings. The maximum Gasteiger partial charge on any atom is 0.240 e. The topological polar surface area (TPSA) is 58.2 Å². The smallest absolute Gasteiger partial charge is 0.240 e. The van der Waals surface area contributed by atoms with Crippen molar-refractivity contribution in [2.24, 2.45) is 5.92 Å². The summed E-state index contributed by atoms with van der Waals surface area (Å²) in [6, 6.07) is 4.89. The van der Waals surface area contributed by atoms with Gasteiger partial charge in [-0.2, -0.15) is 0 Å². The molecule has 0 saturated heterocycles. The minimum Gasteiger partial charge on any atom is -0.313 e. The van der Waals surface area contributed by atoms with Crippen LogP contribution in [0.5, 0.6) is 0 Å². The zero-order valence-corrected chi connectivity index (χ0v) is 14.5. The maximum atomic E-state index is 12.2. The van der Waals surface area contributed by atoms with Gasteiger partial charge in [0.1, 0.15) is 0 Å². The van der Waals surface area contributed by atoms with Crippen LogP contribution in [-0.2, 0) is 16.6 Å². The van der Waals surface area contributed by atoms with Crippen molar-refractivity contribution in [3.63, 3.8) is 0 Å². The fourth-order valence-electron chi connectivity index (χ4n) is 1.72. The molecular weight excluding hydrogens is 308 g/mol. The molecule has 2 N–H and O–H groups in total. The number of halogens is 1. The van der Waals surface area contributed by atoms with Crippen LogP contribution in [0.2, 0.25) is 5.02 Å². The van der Waals surface area contributed by atoms with Crippen LogP contribution in [0.4, 0.5) is 0 Å². The Kier molecular flexibility index (Phi) is 7.66. The third-order valence-electron chi connectivity index (χ3n) is 3.40. The van der Waals surface area contributed by atoms with Crippen LogP contribution in [-0.4, -0.2) is 21.5 Å². The fourth-order valence-corrected chi connectivity index (χ4v) is 3.22. The minimum absolute atomic E-state index is 0.218. The van der Waals surface area contributed by atoms with Crippen LogP contribution < -0.4 is 10.0 Å². The fraction of sp³-hybridized carbons (Fsp3) is 0.600. The molecule has 0 aliphatic heterocycles. The zero-order valence-electron chi connectivity index (χ0n) is 12.9. The number of benzene rings is 1. The molecule has 0 aliphatic carbocycles. The van der Waals surface area contributed by atoms with E-state index in [1.165, 1.54) is 6.07 Å². The van der Waals surface area contributed by atoms with Crippen molar-refractivity contribution in [2.75, 3.05) is 13.1 Å². The molecule has 1 aromatic carbocycles. The molecule has 0 fully saturated rings. The molecule has 0 saturated carbocycles. The van der Waals surface area contributed by atoms with Crippen LogP contribution in [0.3, 0.4) is 0 Å². The van der Waals surface area contributed by atoms with E-state index in [1.807, 2.05) is 13.8 Å². The monoisotopic (exact) mass is 332 g/mol. The lowest BCUT2D eigenvalue weighted by molar-refractivity contribution is 0.528. The summed E-state index contributed by atoms with van der Waals surface area (Å²) in [5, 5.41) is 3.73. The van der Waals surface area contributed by atoms with E-state index in [2.05, 4.69) is 17.0 Å². The molecule has 6 heteroatoms. The second-order valence-electron chi connectivity index (χ2n) is 5.30. The molecule has 0 amide bonds. The Morgan fingerprint density at radius 3 is 2.57 bits per heavy atom. The van der Waals surface area contributed by atoms with Crippen LogP contribution in [0.15, 0.2) is 23.1 Å². The highest BCUT2D eigenvalue weighted by atomic mass is 35.5. The molecule has 1 rings (SSSR count). The molecule has 0 bridgehead atoms. The van der Waals surface area contributed by atoms with E-state index in [0.29, 0.717) is 24.0 Å². The molecule has 0 spiro atoms. The van der Waals surface area contributed by atoms with Gasteiger partial charge in [-0.3, -0.25) is 0 Å². The maximum absolute atomic E-state index is 12.2. The Bertz CT molecular complexity index is 547. The van der Waals surface area contributed by atoms with Crippen LogP contribution in [0.1, 0.15) is 39.2 Å². The van der Waals surface area contributed by atoms with Gasteiger partial charge in [-0.25, -0.2) is 13.1 Å². The number of hydrogen-bond donors (Lipinski definition) is 2. The van der Waals surface area contributed by atoms with E-state index in [4.69, 9.17) is 11.6 Å². The first-order valence-electron chi connectivity index (χ1n) is 7.39. The van der Waals surface area contributed by atoms with Gasteiger partial charge in [-0.05, 0) is 36.6 Å². The highest BCUT2D eigenvalue weighted by Gasteiger charge is 2.16. The van der Waals surface area contributed by atoms with Crippen molar-refractivity contribution >= 4 is 21.6 Å². The van der Waals surface area contributed by atoms with E-state index in [9.17, 15) is 8.42 Å². The number of rotatable bonds is 9. The second kappa shape index (κ2) is 8.73. The molecule has 1 unspecified atom stereocenters. The molecule has 21 heavy (non-hydrogen) atoms. The summed E-state index contributed by atoms with van der Waals surface area (Å²) < 4.78 is 27.0. The van der Waals surface area contributed by atoms with Gasteiger partial charge in [0.2, 0.25) is 10.0 Å². The summed E-state index contributed by atoms with van der Waals surface area (Å²) >= 11 is 6.17. The second-order valence-corrected chi connectivity index (χ2v) is 7.47. The predicted octanol–water partition coefficient (Wildman–Crippen LogP) is 3.16. The summed E-state index contributed by atoms with van der Waals surface area (Å²) in [5.74, 6) is 0.313. The first kappa shape index (κ1) is 18.4. The average molecular weight is 333 g/mol. The van der Waals surface area contributed by atoms with Crippen molar-refractivity contribution < 1.29 is 8.42 Å². The lowest BCUT2D eigenvalue weighted by Crippen LogP contribution is -2.28. The molecule has 0 aromatic heterocycles. The third kappa shape index (κ3) is 5.94. The standard InChI is InChI=1S/C15H25ClN2O2S/c1-4-8-17-11-13-6-7-14(9-15(13)16)21(19,20)18-10-12(3)5-2/h6-7,9,12,17-18H,4-5,8,10-11H2,1-3H3. The van der Waals surface area contributed by atoms with Crippen LogP contribution >= 0.6 is 11.6 Å². The van der Waals surface area contributed by atoms with Crippen molar-refractivity contribution in [1.82, 2.24) is 10.0 Å². The molecule has 1 atom stereocenters. The quantitative estimate of drug-likeness (QED) is 0.683. The number of sulfonamides is 1. The van der Waals surface area contributed by atoms with Gasteiger partial charge < -0.3 is 5.32 Å². The van der Waals surface area contributed by atoms with Crippen LogP contribution in [0.25, 0.3) is 0 Å². The first-order valence-corrected chi connectivity index (χ1v) is 9.25. The largest absolute Gasteiger partial charge is 0.313 e. The number of nitrogens with one attached hydrogen (secondary N) is 2. The third-order valence-corrected chi connectivity index (χ3v) is 5.17. The SMILES string of the molecule is CCCNCc1ccc(S(=O)(=O)NCC(C)CC)cc1Cl. The summed E-state index contributed by atoms with van der Waals surface area (Å²) in [6.45, 7) is 8.13. The van der Waals surface area contributed by atoms with Crippen molar-refractivity contribution in [2.45, 2.75) is 45.1 Å². The highest BCUT2D eigenvalue weighted by molar-refractivity contribution is 7.89. The zero-order chi connectivity index (χ0) is 15.9. The molecule has 0 heterocycles. The van der Waals surface area contributed by atoms with E-state index < -0.39 is 10.0 Å². The van der Waals surface area contributed by atoms with Gasteiger partial charge in [0.05, 0.1) is 4.90 Å². The van der Waals surface area contributed by atoms with E-state index in [1.54, 1.807) is 12.1 Å². The van der Waals surface area contributed by atoms with Crippen molar-refractivity contribution in [3.05, 3.63) is 28.8 Å². The Morgan fingerprint density at radius 2 is 2.00 bits per heavy atom. The van der Waals surface area contributed by atoms with Gasteiger partial charge in [0.25, 0.3) is 0 Å². The first-order chi connectivity index (χ1) is 9.90. The van der Waals surface area contributed by atoms with Gasteiger partial charge in [-0.1, -0.05) is 44.9 Å². The molecular formula is C15H25ClN2O2S. The van der Waals surface area contributed by atoms with Crippen molar-refractivity contribution in [3.8, 4) is 0 Å². The summed E-state index contributed by atoms with van der Waals surface area (Å²) in [5.41, 5.74) is 0.908. The molecule has 120 valence electrons. The highest BCUT2D eigenvalue weighted by Crippen LogP contribution is 2.21. The molecule has 4 nitrogen and oxygen atoms in total. The molecule has 0 radical (unpaired) electrons. The van der Waals surface area contributed by atoms with E-state index >= 15 is 0 Å². The van der Waals surface area contributed by atoms with Gasteiger partial charge in [0, 0.05) is 18.1 Å². The minimum atomic E-state index is -3.48. The lowest BCUT2D eigenvalue weighted by atomic mass is 10.1. The average Bonchev–Trinajstić information content (AvgIpc) is 2.46. The summed E-state index contributed by atoms with van der Waals surface area (Å²) in [4.78, 5) is 0.218. The number of hydrogen-bond acceptors (Lipinski definition) is 3. The summed E-state index contributed by atoms with van der Waals surface area (Å²) in [7, 11) is -3.48.